The first kappa shape index (κ1) is 47.3. The molecule has 60 heavy (non-hydrogen) atoms. The number of aliphatic hydroxyl groups excluding tert-OH is 1. The number of carbonyl (C=O) groups excluding carboxylic acids is 4. The summed E-state index contributed by atoms with van der Waals surface area (Å²) in [5, 5.41) is 10.5. The number of aliphatic hydroxyl groups is 1. The first-order chi connectivity index (χ1) is 28.9. The monoisotopic (exact) mass is 826 g/mol. The first-order valence-electron chi connectivity index (χ1n) is 20.4. The van der Waals surface area contributed by atoms with Crippen molar-refractivity contribution in [1.29, 1.82) is 0 Å². The molecule has 322 valence electrons. The summed E-state index contributed by atoms with van der Waals surface area (Å²) >= 11 is 0. The molecule has 0 bridgehead atoms. The standard InChI is InChI=1S/C48H58O12/c1-6-45(5,57-41(50)37-22-14-10-15-23-37)31-54-33-47(8-3,59-43(52)39-26-18-12-19-27-39)35-56-36-48(9-4,60-44(53)40-28-20-13-21-29-40)34-55-32-46(7-2,30-49)58-42(51)38-24-16-11-17-25-38/h10-29,49H,6-9,30-36H2,1-5H3. The van der Waals surface area contributed by atoms with E-state index in [1.54, 1.807) is 129 Å². The van der Waals surface area contributed by atoms with Crippen molar-refractivity contribution < 1.29 is 57.4 Å². The molecule has 4 aromatic rings. The SMILES string of the molecule is CCC(C)(COCC(CC)(COCC(CC)(COCC(CC)(CO)OC(=O)c1ccccc1)OC(=O)c1ccccc1)OC(=O)c1ccccc1)OC(=O)c1ccccc1. The van der Waals surface area contributed by atoms with E-state index in [4.69, 9.17) is 33.2 Å². The molecule has 12 nitrogen and oxygen atoms in total. The molecule has 0 amide bonds. The molecule has 1 N–H and O–H groups in total. The highest BCUT2D eigenvalue weighted by Gasteiger charge is 2.41. The Morgan fingerprint density at radius 1 is 0.400 bits per heavy atom. The summed E-state index contributed by atoms with van der Waals surface area (Å²) in [6.07, 6.45) is 1.17. The molecule has 4 atom stereocenters. The Kier molecular flexibility index (Phi) is 18.0. The van der Waals surface area contributed by atoms with E-state index in [0.717, 1.165) is 0 Å². The molecule has 4 rings (SSSR count). The minimum Gasteiger partial charge on any atom is -0.453 e. The Bertz CT molecular complexity index is 1920. The minimum absolute atomic E-state index is 0.00693. The van der Waals surface area contributed by atoms with Crippen molar-refractivity contribution in [3.05, 3.63) is 144 Å². The Hall–Kier alpha value is -5.40. The van der Waals surface area contributed by atoms with Crippen molar-refractivity contribution in [3.63, 3.8) is 0 Å². The fourth-order valence-corrected chi connectivity index (χ4v) is 6.00. The molecule has 0 saturated heterocycles. The number of esters is 4. The maximum Gasteiger partial charge on any atom is 0.338 e. The van der Waals surface area contributed by atoms with E-state index in [0.29, 0.717) is 28.7 Å². The van der Waals surface area contributed by atoms with Crippen molar-refractivity contribution in [2.75, 3.05) is 46.2 Å². The fourth-order valence-electron chi connectivity index (χ4n) is 6.00. The van der Waals surface area contributed by atoms with Gasteiger partial charge in [-0.05, 0) is 81.1 Å². The summed E-state index contributed by atoms with van der Waals surface area (Å²) in [5.41, 5.74) is -3.75. The molecule has 4 aromatic carbocycles. The van der Waals surface area contributed by atoms with Crippen molar-refractivity contribution in [2.45, 2.75) is 82.7 Å². The van der Waals surface area contributed by atoms with Crippen LogP contribution in [0.5, 0.6) is 0 Å². The zero-order valence-electron chi connectivity index (χ0n) is 35.3. The number of benzene rings is 4. The second kappa shape index (κ2) is 22.8. The third-order valence-corrected chi connectivity index (χ3v) is 10.5. The van der Waals surface area contributed by atoms with Gasteiger partial charge in [-0.3, -0.25) is 0 Å². The predicted octanol–water partition coefficient (Wildman–Crippen LogP) is 8.07. The van der Waals surface area contributed by atoms with Crippen LogP contribution >= 0.6 is 0 Å². The zero-order chi connectivity index (χ0) is 43.5. The van der Waals surface area contributed by atoms with Gasteiger partial charge in [-0.1, -0.05) is 100 Å². The summed E-state index contributed by atoms with van der Waals surface area (Å²) in [4.78, 5) is 53.2. The van der Waals surface area contributed by atoms with E-state index in [2.05, 4.69) is 0 Å². The summed E-state index contributed by atoms with van der Waals surface area (Å²) < 4.78 is 42.8. The lowest BCUT2D eigenvalue weighted by molar-refractivity contribution is -0.161. The Morgan fingerprint density at radius 3 is 0.950 bits per heavy atom. The largest absolute Gasteiger partial charge is 0.453 e. The Balaban J connectivity index is 1.55. The molecule has 0 heterocycles. The van der Waals surface area contributed by atoms with Crippen LogP contribution in [-0.4, -0.2) is 97.6 Å². The highest BCUT2D eigenvalue weighted by atomic mass is 16.6. The lowest BCUT2D eigenvalue weighted by Gasteiger charge is -2.37. The van der Waals surface area contributed by atoms with Crippen LogP contribution in [0, 0.1) is 0 Å². The topological polar surface area (TPSA) is 153 Å². The lowest BCUT2D eigenvalue weighted by atomic mass is 9.99. The number of hydrogen-bond donors (Lipinski definition) is 1. The molecular weight excluding hydrogens is 769 g/mol. The Labute approximate surface area is 353 Å². The number of rotatable bonds is 25. The van der Waals surface area contributed by atoms with E-state index in [1.165, 1.54) is 0 Å². The van der Waals surface area contributed by atoms with Crippen LogP contribution in [0.25, 0.3) is 0 Å². The molecule has 0 fully saturated rings. The van der Waals surface area contributed by atoms with Gasteiger partial charge in [0.2, 0.25) is 0 Å². The molecule has 12 heteroatoms. The third-order valence-electron chi connectivity index (χ3n) is 10.5. The smallest absolute Gasteiger partial charge is 0.338 e. The molecule has 0 radical (unpaired) electrons. The average Bonchev–Trinajstić information content (AvgIpc) is 3.29. The van der Waals surface area contributed by atoms with E-state index in [-0.39, 0.29) is 58.9 Å². The summed E-state index contributed by atoms with van der Waals surface area (Å²) in [7, 11) is 0. The van der Waals surface area contributed by atoms with Gasteiger partial charge in [-0.25, -0.2) is 19.2 Å². The summed E-state index contributed by atoms with van der Waals surface area (Å²) in [6, 6.07) is 34.1. The number of carbonyl (C=O) groups is 4. The average molecular weight is 827 g/mol. The highest BCUT2D eigenvalue weighted by molar-refractivity contribution is 5.91. The van der Waals surface area contributed by atoms with E-state index in [1.807, 2.05) is 26.8 Å². The van der Waals surface area contributed by atoms with Crippen LogP contribution in [0.3, 0.4) is 0 Å². The molecule has 0 aromatic heterocycles. The molecule has 0 aliphatic rings. The van der Waals surface area contributed by atoms with Gasteiger partial charge in [0.25, 0.3) is 0 Å². The zero-order valence-corrected chi connectivity index (χ0v) is 35.3. The molecule has 0 aliphatic carbocycles. The third kappa shape index (κ3) is 13.6. The molecule has 0 spiro atoms. The quantitative estimate of drug-likeness (QED) is 0.0508. The van der Waals surface area contributed by atoms with Crippen LogP contribution in [0.2, 0.25) is 0 Å². The highest BCUT2D eigenvalue weighted by Crippen LogP contribution is 2.27. The Morgan fingerprint density at radius 2 is 0.667 bits per heavy atom. The van der Waals surface area contributed by atoms with Gasteiger partial charge < -0.3 is 38.3 Å². The maximum absolute atomic E-state index is 13.6. The van der Waals surface area contributed by atoms with Crippen LogP contribution in [-0.2, 0) is 33.2 Å². The predicted molar refractivity (Wildman–Crippen MR) is 225 cm³/mol. The van der Waals surface area contributed by atoms with Gasteiger partial charge in [0.1, 0.15) is 5.60 Å². The van der Waals surface area contributed by atoms with Gasteiger partial charge in [0, 0.05) is 0 Å². The van der Waals surface area contributed by atoms with E-state index in [9.17, 15) is 24.3 Å². The minimum atomic E-state index is -1.39. The summed E-state index contributed by atoms with van der Waals surface area (Å²) in [6.45, 7) is 7.64. The molecule has 4 unspecified atom stereocenters. The maximum atomic E-state index is 13.6. The van der Waals surface area contributed by atoms with E-state index >= 15 is 0 Å². The van der Waals surface area contributed by atoms with Gasteiger partial charge in [-0.2, -0.15) is 0 Å². The van der Waals surface area contributed by atoms with Gasteiger partial charge in [0.05, 0.1) is 68.5 Å². The number of hydrogen-bond acceptors (Lipinski definition) is 12. The van der Waals surface area contributed by atoms with Crippen LogP contribution < -0.4 is 0 Å². The van der Waals surface area contributed by atoms with Crippen molar-refractivity contribution in [2.24, 2.45) is 0 Å². The van der Waals surface area contributed by atoms with Crippen LogP contribution in [0.4, 0.5) is 0 Å². The summed E-state index contributed by atoms with van der Waals surface area (Å²) in [5.74, 6) is -2.32. The lowest BCUT2D eigenvalue weighted by Crippen LogP contribution is -2.50. The fraction of sp³-hybridized carbons (Fsp3) is 0.417. The normalized spacial score (nSPS) is 15.2. The first-order valence-corrected chi connectivity index (χ1v) is 20.4. The molecular formula is C48H58O12. The van der Waals surface area contributed by atoms with Crippen LogP contribution in [0.15, 0.2) is 121 Å². The van der Waals surface area contributed by atoms with Crippen molar-refractivity contribution >= 4 is 23.9 Å². The van der Waals surface area contributed by atoms with Crippen molar-refractivity contribution in [1.82, 2.24) is 0 Å². The second-order valence-corrected chi connectivity index (χ2v) is 15.1. The molecule has 0 aliphatic heterocycles. The second-order valence-electron chi connectivity index (χ2n) is 15.1. The van der Waals surface area contributed by atoms with Crippen molar-refractivity contribution in [3.8, 4) is 0 Å². The van der Waals surface area contributed by atoms with Gasteiger partial charge in [-0.15, -0.1) is 0 Å². The van der Waals surface area contributed by atoms with Gasteiger partial charge >= 0.3 is 23.9 Å². The van der Waals surface area contributed by atoms with Crippen LogP contribution in [0.1, 0.15) is 102 Å². The number of ether oxygens (including phenoxy) is 7. The molecule has 0 saturated carbocycles. The van der Waals surface area contributed by atoms with E-state index < -0.39 is 52.9 Å². The van der Waals surface area contributed by atoms with Gasteiger partial charge in [0.15, 0.2) is 16.8 Å².